The van der Waals surface area contributed by atoms with Gasteiger partial charge in [0, 0.05) is 24.7 Å². The smallest absolute Gasteiger partial charge is 0.236 e. The quantitative estimate of drug-likeness (QED) is 0.907. The first-order chi connectivity index (χ1) is 8.66. The van der Waals surface area contributed by atoms with Crippen LogP contribution < -0.4 is 5.32 Å². The van der Waals surface area contributed by atoms with Gasteiger partial charge >= 0.3 is 0 Å². The Bertz CT molecular complexity index is 428. The molecule has 0 aromatic heterocycles. The van der Waals surface area contributed by atoms with Gasteiger partial charge in [-0.05, 0) is 43.0 Å². The van der Waals surface area contributed by atoms with Gasteiger partial charge in [0.2, 0.25) is 5.91 Å². The summed E-state index contributed by atoms with van der Waals surface area (Å²) in [5, 5.41) is 3.96. The van der Waals surface area contributed by atoms with Crippen LogP contribution in [0, 0.1) is 6.92 Å². The molecule has 1 fully saturated rings. The minimum atomic E-state index is 0.208. The Morgan fingerprint density at radius 1 is 1.39 bits per heavy atom. The normalized spacial score (nSPS) is 15.1. The second kappa shape index (κ2) is 6.21. The number of nitrogens with one attached hydrogen (secondary N) is 1. The maximum absolute atomic E-state index is 11.8. The van der Waals surface area contributed by atoms with Gasteiger partial charge < -0.3 is 10.2 Å². The lowest BCUT2D eigenvalue weighted by Crippen LogP contribution is -2.36. The van der Waals surface area contributed by atoms with E-state index in [1.54, 1.807) is 0 Å². The second-order valence-electron chi connectivity index (χ2n) is 4.76. The van der Waals surface area contributed by atoms with Gasteiger partial charge in [0.15, 0.2) is 0 Å². The van der Waals surface area contributed by atoms with E-state index in [0.717, 1.165) is 36.5 Å². The Morgan fingerprint density at radius 3 is 2.78 bits per heavy atom. The van der Waals surface area contributed by atoms with E-state index < -0.39 is 0 Å². The van der Waals surface area contributed by atoms with E-state index >= 15 is 0 Å². The number of likely N-dealkylation sites (tertiary alicyclic amines) is 1. The van der Waals surface area contributed by atoms with Crippen LogP contribution in [-0.4, -0.2) is 30.4 Å². The zero-order valence-electron chi connectivity index (χ0n) is 10.7. The summed E-state index contributed by atoms with van der Waals surface area (Å²) in [5.41, 5.74) is 2.34. The lowest BCUT2D eigenvalue weighted by atomic mass is 10.1. The van der Waals surface area contributed by atoms with Gasteiger partial charge in [0.1, 0.15) is 0 Å². The molecule has 2 rings (SSSR count). The first kappa shape index (κ1) is 13.4. The summed E-state index contributed by atoms with van der Waals surface area (Å²) in [7, 11) is 0. The number of benzene rings is 1. The molecule has 0 bridgehead atoms. The summed E-state index contributed by atoms with van der Waals surface area (Å²) in [5.74, 6) is 0.208. The molecule has 4 heteroatoms. The average molecular weight is 267 g/mol. The molecule has 1 aromatic carbocycles. The highest BCUT2D eigenvalue weighted by atomic mass is 35.5. The van der Waals surface area contributed by atoms with Crippen molar-refractivity contribution in [1.82, 2.24) is 10.2 Å². The summed E-state index contributed by atoms with van der Waals surface area (Å²) >= 11 is 5.91. The van der Waals surface area contributed by atoms with E-state index in [1.165, 1.54) is 5.56 Å². The Balaban J connectivity index is 1.79. The average Bonchev–Trinajstić information content (AvgIpc) is 2.85. The number of nitrogens with zero attached hydrogens (tertiary/aromatic N) is 1. The molecule has 18 heavy (non-hydrogen) atoms. The third-order valence-corrected chi connectivity index (χ3v) is 3.59. The SMILES string of the molecule is Cc1cc(Cl)ccc1CNCC(=O)N1CCCC1. The van der Waals surface area contributed by atoms with Crippen LogP contribution in [0.25, 0.3) is 0 Å². The third kappa shape index (κ3) is 3.47. The van der Waals surface area contributed by atoms with E-state index in [9.17, 15) is 4.79 Å². The molecule has 0 saturated carbocycles. The van der Waals surface area contributed by atoms with Crippen molar-refractivity contribution in [3.8, 4) is 0 Å². The molecule has 1 saturated heterocycles. The van der Waals surface area contributed by atoms with Crippen LogP contribution >= 0.6 is 11.6 Å². The van der Waals surface area contributed by atoms with Crippen molar-refractivity contribution in [3.05, 3.63) is 34.3 Å². The van der Waals surface area contributed by atoms with Crippen LogP contribution in [-0.2, 0) is 11.3 Å². The van der Waals surface area contributed by atoms with Gasteiger partial charge in [-0.2, -0.15) is 0 Å². The molecule has 1 aromatic rings. The van der Waals surface area contributed by atoms with E-state index in [0.29, 0.717) is 13.1 Å². The van der Waals surface area contributed by atoms with E-state index in [-0.39, 0.29) is 5.91 Å². The van der Waals surface area contributed by atoms with E-state index in [1.807, 2.05) is 30.0 Å². The Labute approximate surface area is 113 Å². The molecule has 1 aliphatic heterocycles. The lowest BCUT2D eigenvalue weighted by Gasteiger charge is -2.15. The van der Waals surface area contributed by atoms with Crippen LogP contribution in [0.15, 0.2) is 18.2 Å². The van der Waals surface area contributed by atoms with Crippen molar-refractivity contribution < 1.29 is 4.79 Å². The van der Waals surface area contributed by atoms with Crippen molar-refractivity contribution >= 4 is 17.5 Å². The van der Waals surface area contributed by atoms with Gasteiger partial charge in [-0.1, -0.05) is 17.7 Å². The predicted molar refractivity (Wildman–Crippen MR) is 73.7 cm³/mol. The minimum absolute atomic E-state index is 0.208. The van der Waals surface area contributed by atoms with Crippen molar-refractivity contribution in [2.24, 2.45) is 0 Å². The number of halogens is 1. The second-order valence-corrected chi connectivity index (χ2v) is 5.20. The first-order valence-electron chi connectivity index (χ1n) is 6.40. The van der Waals surface area contributed by atoms with Crippen LogP contribution in [0.4, 0.5) is 0 Å². The molecular weight excluding hydrogens is 248 g/mol. The van der Waals surface area contributed by atoms with Crippen LogP contribution in [0.3, 0.4) is 0 Å². The highest BCUT2D eigenvalue weighted by molar-refractivity contribution is 6.30. The monoisotopic (exact) mass is 266 g/mol. The number of carbonyl (C=O) groups is 1. The van der Waals surface area contributed by atoms with Gasteiger partial charge in [0.05, 0.1) is 6.54 Å². The zero-order valence-corrected chi connectivity index (χ0v) is 11.5. The number of carbonyl (C=O) groups excluding carboxylic acids is 1. The van der Waals surface area contributed by atoms with Crippen molar-refractivity contribution in [2.45, 2.75) is 26.3 Å². The minimum Gasteiger partial charge on any atom is -0.342 e. The van der Waals surface area contributed by atoms with Gasteiger partial charge in [0.25, 0.3) is 0 Å². The maximum Gasteiger partial charge on any atom is 0.236 e. The van der Waals surface area contributed by atoms with Gasteiger partial charge in [-0.3, -0.25) is 4.79 Å². The fraction of sp³-hybridized carbons (Fsp3) is 0.500. The number of rotatable bonds is 4. The molecule has 1 aliphatic rings. The molecule has 1 amide bonds. The molecule has 98 valence electrons. The summed E-state index contributed by atoms with van der Waals surface area (Å²) in [6.45, 7) is 5.00. The first-order valence-corrected chi connectivity index (χ1v) is 6.78. The summed E-state index contributed by atoms with van der Waals surface area (Å²) < 4.78 is 0. The third-order valence-electron chi connectivity index (χ3n) is 3.36. The summed E-state index contributed by atoms with van der Waals surface area (Å²) in [6, 6.07) is 5.83. The molecule has 1 heterocycles. The van der Waals surface area contributed by atoms with Crippen LogP contribution in [0.5, 0.6) is 0 Å². The number of amides is 1. The summed E-state index contributed by atoms with van der Waals surface area (Å²) in [4.78, 5) is 13.7. The van der Waals surface area contributed by atoms with E-state index in [2.05, 4.69) is 5.32 Å². The zero-order chi connectivity index (χ0) is 13.0. The van der Waals surface area contributed by atoms with Crippen molar-refractivity contribution in [2.75, 3.05) is 19.6 Å². The number of hydrogen-bond acceptors (Lipinski definition) is 2. The molecule has 0 radical (unpaired) electrons. The van der Waals surface area contributed by atoms with Crippen molar-refractivity contribution in [1.29, 1.82) is 0 Å². The molecule has 0 atom stereocenters. The van der Waals surface area contributed by atoms with Crippen molar-refractivity contribution in [3.63, 3.8) is 0 Å². The highest BCUT2D eigenvalue weighted by Crippen LogP contribution is 2.15. The standard InChI is InChI=1S/C14H19ClN2O/c1-11-8-13(15)5-4-12(11)9-16-10-14(18)17-6-2-3-7-17/h4-5,8,16H,2-3,6-7,9-10H2,1H3. The number of hydrogen-bond donors (Lipinski definition) is 1. The molecule has 0 spiro atoms. The molecule has 0 unspecified atom stereocenters. The lowest BCUT2D eigenvalue weighted by molar-refractivity contribution is -0.129. The molecule has 0 aliphatic carbocycles. The molecule has 1 N–H and O–H groups in total. The Kier molecular flexibility index (Phi) is 4.61. The Hall–Kier alpha value is -1.06. The number of aryl methyl sites for hydroxylation is 1. The van der Waals surface area contributed by atoms with E-state index in [4.69, 9.17) is 11.6 Å². The van der Waals surface area contributed by atoms with Gasteiger partial charge in [-0.15, -0.1) is 0 Å². The predicted octanol–water partition coefficient (Wildman–Crippen LogP) is 2.36. The maximum atomic E-state index is 11.8. The highest BCUT2D eigenvalue weighted by Gasteiger charge is 2.16. The van der Waals surface area contributed by atoms with Gasteiger partial charge in [-0.25, -0.2) is 0 Å². The molecule has 3 nitrogen and oxygen atoms in total. The largest absolute Gasteiger partial charge is 0.342 e. The van der Waals surface area contributed by atoms with Crippen LogP contribution in [0.1, 0.15) is 24.0 Å². The fourth-order valence-corrected chi connectivity index (χ4v) is 2.47. The fourth-order valence-electron chi connectivity index (χ4n) is 2.24. The van der Waals surface area contributed by atoms with Crippen LogP contribution in [0.2, 0.25) is 5.02 Å². The Morgan fingerprint density at radius 2 is 2.11 bits per heavy atom. The summed E-state index contributed by atoms with van der Waals surface area (Å²) in [6.07, 6.45) is 2.28. The molecular formula is C14H19ClN2O. The topological polar surface area (TPSA) is 32.3 Å².